The fraction of sp³-hybridized carbons (Fsp3) is 0.429. The number of hydrogen-bond donors (Lipinski definition) is 1. The van der Waals surface area contributed by atoms with Crippen LogP contribution < -0.4 is 10.2 Å². The molecule has 1 aromatic heterocycles. The third kappa shape index (κ3) is 2.26. The number of anilines is 1. The Labute approximate surface area is 117 Å². The summed E-state index contributed by atoms with van der Waals surface area (Å²) in [5, 5.41) is 14.4. The van der Waals surface area contributed by atoms with Crippen molar-refractivity contribution >= 4 is 28.2 Å². The molecule has 1 N–H and O–H groups in total. The van der Waals surface area contributed by atoms with E-state index in [1.165, 1.54) is 0 Å². The summed E-state index contributed by atoms with van der Waals surface area (Å²) >= 11 is 6.13. The highest BCUT2D eigenvalue weighted by molar-refractivity contribution is 6.34. The van der Waals surface area contributed by atoms with Crippen LogP contribution in [0.25, 0.3) is 10.8 Å². The van der Waals surface area contributed by atoms with E-state index in [1.807, 2.05) is 18.2 Å². The smallest absolute Gasteiger partial charge is 0.159 e. The first kappa shape index (κ1) is 12.6. The van der Waals surface area contributed by atoms with E-state index in [-0.39, 0.29) is 0 Å². The average Bonchev–Trinajstić information content (AvgIpc) is 2.43. The third-order valence-electron chi connectivity index (χ3n) is 3.66. The van der Waals surface area contributed by atoms with Gasteiger partial charge in [0.05, 0.1) is 0 Å². The first-order valence-electron chi connectivity index (χ1n) is 6.58. The van der Waals surface area contributed by atoms with Crippen molar-refractivity contribution < 1.29 is 0 Å². The highest BCUT2D eigenvalue weighted by atomic mass is 35.5. The van der Waals surface area contributed by atoms with E-state index in [4.69, 9.17) is 11.6 Å². The summed E-state index contributed by atoms with van der Waals surface area (Å²) in [6.07, 6.45) is 0. The molecule has 2 heterocycles. The number of fused-ring (bicyclic) bond motifs is 1. The van der Waals surface area contributed by atoms with Gasteiger partial charge in [0.1, 0.15) is 0 Å². The number of aromatic nitrogens is 2. The summed E-state index contributed by atoms with van der Waals surface area (Å²) in [5.41, 5.74) is 0. The van der Waals surface area contributed by atoms with Gasteiger partial charge in [0.25, 0.3) is 0 Å². The van der Waals surface area contributed by atoms with Crippen LogP contribution >= 0.6 is 11.6 Å². The quantitative estimate of drug-likeness (QED) is 0.869. The molecule has 2 atom stereocenters. The molecule has 0 spiro atoms. The lowest BCUT2D eigenvalue weighted by Gasteiger charge is -2.38. The standard InChI is InChI=1S/C14H17ClN4/c1-9-8-19(10(2)7-16-9)14-12-6-4-3-5-11(12)13(15)17-18-14/h3-6,9-10,16H,7-8H2,1-2H3/t9?,10-/m0/s1. The maximum Gasteiger partial charge on any atom is 0.159 e. The molecule has 1 aliphatic rings. The largest absolute Gasteiger partial charge is 0.349 e. The Bertz CT molecular complexity index is 601. The molecule has 1 fully saturated rings. The first-order chi connectivity index (χ1) is 9.16. The average molecular weight is 277 g/mol. The van der Waals surface area contributed by atoms with Crippen LogP contribution in [0.5, 0.6) is 0 Å². The summed E-state index contributed by atoms with van der Waals surface area (Å²) in [4.78, 5) is 2.31. The predicted molar refractivity (Wildman–Crippen MR) is 78.8 cm³/mol. The zero-order valence-corrected chi connectivity index (χ0v) is 11.9. The number of benzene rings is 1. The lowest BCUT2D eigenvalue weighted by molar-refractivity contribution is 0.422. The van der Waals surface area contributed by atoms with Crippen LogP contribution in [0, 0.1) is 0 Å². The molecule has 1 aromatic carbocycles. The minimum absolute atomic E-state index is 0.398. The Balaban J connectivity index is 2.12. The number of piperazine rings is 1. The van der Waals surface area contributed by atoms with E-state index >= 15 is 0 Å². The van der Waals surface area contributed by atoms with Crippen LogP contribution in [0.3, 0.4) is 0 Å². The van der Waals surface area contributed by atoms with Crippen LogP contribution in [0.15, 0.2) is 24.3 Å². The minimum atomic E-state index is 0.398. The van der Waals surface area contributed by atoms with Crippen molar-refractivity contribution in [1.29, 1.82) is 0 Å². The molecule has 5 heteroatoms. The summed E-state index contributed by atoms with van der Waals surface area (Å²) < 4.78 is 0. The Kier molecular flexibility index (Phi) is 3.29. The molecule has 0 amide bonds. The topological polar surface area (TPSA) is 41.1 Å². The van der Waals surface area contributed by atoms with Crippen LogP contribution in [-0.2, 0) is 0 Å². The second-order valence-corrected chi connectivity index (χ2v) is 5.53. The molecule has 1 unspecified atom stereocenters. The summed E-state index contributed by atoms with van der Waals surface area (Å²) in [7, 11) is 0. The summed E-state index contributed by atoms with van der Waals surface area (Å²) in [6, 6.07) is 8.89. The number of halogens is 1. The lowest BCUT2D eigenvalue weighted by atomic mass is 10.1. The van der Waals surface area contributed by atoms with Gasteiger partial charge in [-0.05, 0) is 13.8 Å². The van der Waals surface area contributed by atoms with E-state index in [1.54, 1.807) is 0 Å². The Morgan fingerprint density at radius 3 is 2.74 bits per heavy atom. The summed E-state index contributed by atoms with van der Waals surface area (Å²) in [5.74, 6) is 0.931. The van der Waals surface area contributed by atoms with Gasteiger partial charge in [-0.1, -0.05) is 35.9 Å². The second kappa shape index (κ2) is 4.94. The van der Waals surface area contributed by atoms with Gasteiger partial charge in [0.2, 0.25) is 0 Å². The third-order valence-corrected chi connectivity index (χ3v) is 3.94. The van der Waals surface area contributed by atoms with Gasteiger partial charge in [0, 0.05) is 35.9 Å². The first-order valence-corrected chi connectivity index (χ1v) is 6.95. The van der Waals surface area contributed by atoms with E-state index in [0.717, 1.165) is 29.7 Å². The van der Waals surface area contributed by atoms with Crippen molar-refractivity contribution in [2.24, 2.45) is 0 Å². The van der Waals surface area contributed by atoms with Crippen LogP contribution in [-0.4, -0.2) is 35.4 Å². The molecule has 0 aliphatic carbocycles. The van der Waals surface area contributed by atoms with E-state index in [9.17, 15) is 0 Å². The van der Waals surface area contributed by atoms with Gasteiger partial charge < -0.3 is 10.2 Å². The van der Waals surface area contributed by atoms with Gasteiger partial charge in [-0.15, -0.1) is 10.2 Å². The number of hydrogen-bond acceptors (Lipinski definition) is 4. The minimum Gasteiger partial charge on any atom is -0.349 e. The highest BCUT2D eigenvalue weighted by Crippen LogP contribution is 2.29. The fourth-order valence-corrected chi connectivity index (χ4v) is 2.79. The highest BCUT2D eigenvalue weighted by Gasteiger charge is 2.25. The Morgan fingerprint density at radius 2 is 1.95 bits per heavy atom. The van der Waals surface area contributed by atoms with Crippen molar-refractivity contribution in [2.45, 2.75) is 25.9 Å². The molecular formula is C14H17ClN4. The molecule has 0 radical (unpaired) electrons. The van der Waals surface area contributed by atoms with Gasteiger partial charge in [-0.3, -0.25) is 0 Å². The zero-order valence-electron chi connectivity index (χ0n) is 11.1. The van der Waals surface area contributed by atoms with Crippen molar-refractivity contribution in [2.75, 3.05) is 18.0 Å². The van der Waals surface area contributed by atoms with Crippen molar-refractivity contribution in [3.05, 3.63) is 29.4 Å². The lowest BCUT2D eigenvalue weighted by Crippen LogP contribution is -2.54. The molecule has 1 saturated heterocycles. The van der Waals surface area contributed by atoms with Crippen molar-refractivity contribution in [1.82, 2.24) is 15.5 Å². The Morgan fingerprint density at radius 1 is 1.21 bits per heavy atom. The second-order valence-electron chi connectivity index (χ2n) is 5.17. The monoisotopic (exact) mass is 276 g/mol. The molecule has 0 bridgehead atoms. The molecular weight excluding hydrogens is 260 g/mol. The number of nitrogens with one attached hydrogen (secondary N) is 1. The van der Waals surface area contributed by atoms with Crippen LogP contribution in [0.1, 0.15) is 13.8 Å². The normalized spacial score (nSPS) is 23.8. The predicted octanol–water partition coefficient (Wildman–Crippen LogP) is 2.47. The van der Waals surface area contributed by atoms with E-state index < -0.39 is 0 Å². The Hall–Kier alpha value is -1.39. The van der Waals surface area contributed by atoms with Crippen molar-refractivity contribution in [3.63, 3.8) is 0 Å². The zero-order chi connectivity index (χ0) is 13.4. The summed E-state index contributed by atoms with van der Waals surface area (Å²) in [6.45, 7) is 6.27. The van der Waals surface area contributed by atoms with Crippen LogP contribution in [0.4, 0.5) is 5.82 Å². The van der Waals surface area contributed by atoms with E-state index in [0.29, 0.717) is 17.2 Å². The maximum absolute atomic E-state index is 6.13. The molecule has 0 saturated carbocycles. The number of nitrogens with zero attached hydrogens (tertiary/aromatic N) is 3. The molecule has 3 rings (SSSR count). The van der Waals surface area contributed by atoms with E-state index in [2.05, 4.69) is 40.3 Å². The van der Waals surface area contributed by atoms with Crippen LogP contribution in [0.2, 0.25) is 5.15 Å². The number of rotatable bonds is 1. The fourth-order valence-electron chi connectivity index (χ4n) is 2.59. The van der Waals surface area contributed by atoms with Gasteiger partial charge in [-0.2, -0.15) is 0 Å². The molecule has 4 nitrogen and oxygen atoms in total. The van der Waals surface area contributed by atoms with Gasteiger partial charge >= 0.3 is 0 Å². The van der Waals surface area contributed by atoms with Crippen molar-refractivity contribution in [3.8, 4) is 0 Å². The van der Waals surface area contributed by atoms with Gasteiger partial charge in [-0.25, -0.2) is 0 Å². The molecule has 100 valence electrons. The SMILES string of the molecule is CC1CN(c2nnc(Cl)c3ccccc23)[C@@H](C)CN1. The molecule has 2 aromatic rings. The molecule has 1 aliphatic heterocycles. The molecule has 19 heavy (non-hydrogen) atoms. The maximum atomic E-state index is 6.13. The van der Waals surface area contributed by atoms with Gasteiger partial charge in [0.15, 0.2) is 11.0 Å².